The van der Waals surface area contributed by atoms with Gasteiger partial charge in [-0.25, -0.2) is 4.98 Å². The molecule has 1 aromatic heterocycles. The Morgan fingerprint density at radius 3 is 2.48 bits per heavy atom. The Bertz CT molecular complexity index is 594. The Morgan fingerprint density at radius 1 is 1.21 bits per heavy atom. The molecule has 7 nitrogen and oxygen atoms in total. The molecule has 1 aliphatic heterocycles. The fourth-order valence-corrected chi connectivity index (χ4v) is 3.73. The zero-order valence-corrected chi connectivity index (χ0v) is 18.9. The molecule has 0 aliphatic carbocycles. The molecule has 2 heterocycles. The Balaban J connectivity index is 1.85. The highest BCUT2D eigenvalue weighted by Crippen LogP contribution is 2.13. The summed E-state index contributed by atoms with van der Waals surface area (Å²) < 4.78 is 5.52. The van der Waals surface area contributed by atoms with Crippen LogP contribution in [0.25, 0.3) is 0 Å². The summed E-state index contributed by atoms with van der Waals surface area (Å²) in [6, 6.07) is 4.72. The minimum absolute atomic E-state index is 0.493. The Labute approximate surface area is 176 Å². The first-order valence-electron chi connectivity index (χ1n) is 11.0. The van der Waals surface area contributed by atoms with Crippen molar-refractivity contribution in [1.29, 1.82) is 0 Å². The van der Waals surface area contributed by atoms with Crippen LogP contribution in [0.5, 0.6) is 0 Å². The number of nitrogens with zero attached hydrogens (tertiary/aromatic N) is 4. The van der Waals surface area contributed by atoms with Gasteiger partial charge in [0, 0.05) is 58.6 Å². The number of hydrogen-bond donors (Lipinski definition) is 2. The van der Waals surface area contributed by atoms with Gasteiger partial charge >= 0.3 is 0 Å². The molecule has 0 spiro atoms. The van der Waals surface area contributed by atoms with Crippen LogP contribution < -0.4 is 15.5 Å². The summed E-state index contributed by atoms with van der Waals surface area (Å²) in [5.41, 5.74) is 1.15. The Hall–Kier alpha value is -1.86. The number of aliphatic imine (C=N–C) groups is 1. The molecule has 1 fully saturated rings. The van der Waals surface area contributed by atoms with E-state index in [9.17, 15) is 0 Å². The van der Waals surface area contributed by atoms with Crippen LogP contribution in [0.4, 0.5) is 5.82 Å². The molecule has 0 amide bonds. The number of rotatable bonds is 10. The molecule has 0 radical (unpaired) electrons. The van der Waals surface area contributed by atoms with Crippen molar-refractivity contribution in [2.75, 3.05) is 57.9 Å². The maximum Gasteiger partial charge on any atom is 0.191 e. The van der Waals surface area contributed by atoms with Crippen LogP contribution in [0.1, 0.15) is 39.7 Å². The van der Waals surface area contributed by atoms with Crippen LogP contribution in [0.3, 0.4) is 0 Å². The number of nitrogens with one attached hydrogen (secondary N) is 2. The van der Waals surface area contributed by atoms with Gasteiger partial charge in [-0.3, -0.25) is 9.89 Å². The average Bonchev–Trinajstić information content (AvgIpc) is 2.75. The highest BCUT2D eigenvalue weighted by molar-refractivity contribution is 5.79. The summed E-state index contributed by atoms with van der Waals surface area (Å²) in [6.45, 7) is 16.1. The van der Waals surface area contributed by atoms with Crippen LogP contribution >= 0.6 is 0 Å². The zero-order chi connectivity index (χ0) is 21.1. The number of hydrogen-bond acceptors (Lipinski definition) is 5. The second kappa shape index (κ2) is 12.6. The van der Waals surface area contributed by atoms with Crippen molar-refractivity contribution in [2.24, 2.45) is 10.9 Å². The summed E-state index contributed by atoms with van der Waals surface area (Å²) in [7, 11) is 1.82. The lowest BCUT2D eigenvalue weighted by molar-refractivity contribution is 0.0132. The van der Waals surface area contributed by atoms with E-state index >= 15 is 0 Å². The summed E-state index contributed by atoms with van der Waals surface area (Å²) in [5.74, 6) is 2.53. The number of morpholine rings is 1. The van der Waals surface area contributed by atoms with Crippen LogP contribution in [-0.4, -0.2) is 74.9 Å². The molecule has 0 aromatic carbocycles. The standard InChI is InChI=1S/C22H40N6O/c1-6-27(7-2)21-9-8-19(15-24-21)16-25-22(23-5)26-17-20(14-18(3)4)28-10-12-29-13-11-28/h8-9,15,18,20H,6-7,10-14,16-17H2,1-5H3,(H2,23,25,26). The fourth-order valence-electron chi connectivity index (χ4n) is 3.73. The second-order valence-electron chi connectivity index (χ2n) is 7.94. The van der Waals surface area contributed by atoms with E-state index in [2.05, 4.69) is 70.2 Å². The van der Waals surface area contributed by atoms with Crippen molar-refractivity contribution in [1.82, 2.24) is 20.5 Å². The molecule has 1 saturated heterocycles. The number of pyridine rings is 1. The maximum absolute atomic E-state index is 5.52. The third kappa shape index (κ3) is 7.82. The third-order valence-electron chi connectivity index (χ3n) is 5.39. The molecule has 7 heteroatoms. The molecule has 1 aliphatic rings. The molecular weight excluding hydrogens is 364 g/mol. The van der Waals surface area contributed by atoms with E-state index < -0.39 is 0 Å². The molecule has 1 atom stereocenters. The highest BCUT2D eigenvalue weighted by atomic mass is 16.5. The number of ether oxygens (including phenoxy) is 1. The van der Waals surface area contributed by atoms with Crippen LogP contribution in [0, 0.1) is 5.92 Å². The van der Waals surface area contributed by atoms with Gasteiger partial charge in [0.25, 0.3) is 0 Å². The summed E-state index contributed by atoms with van der Waals surface area (Å²) in [5, 5.41) is 6.93. The van der Waals surface area contributed by atoms with E-state index in [-0.39, 0.29) is 0 Å². The van der Waals surface area contributed by atoms with Crippen molar-refractivity contribution in [3.63, 3.8) is 0 Å². The van der Waals surface area contributed by atoms with E-state index in [1.54, 1.807) is 0 Å². The first kappa shape index (κ1) is 23.4. The largest absolute Gasteiger partial charge is 0.379 e. The summed E-state index contributed by atoms with van der Waals surface area (Å²) >= 11 is 0. The summed E-state index contributed by atoms with van der Waals surface area (Å²) in [6.07, 6.45) is 3.12. The number of guanidine groups is 1. The minimum Gasteiger partial charge on any atom is -0.379 e. The first-order chi connectivity index (χ1) is 14.1. The molecule has 2 N–H and O–H groups in total. The van der Waals surface area contributed by atoms with Gasteiger partial charge in [-0.15, -0.1) is 0 Å². The van der Waals surface area contributed by atoms with Gasteiger partial charge in [-0.1, -0.05) is 19.9 Å². The predicted molar refractivity (Wildman–Crippen MR) is 122 cm³/mol. The average molecular weight is 405 g/mol. The lowest BCUT2D eigenvalue weighted by atomic mass is 10.0. The monoisotopic (exact) mass is 404 g/mol. The van der Waals surface area contributed by atoms with Crippen molar-refractivity contribution < 1.29 is 4.74 Å². The van der Waals surface area contributed by atoms with Crippen LogP contribution in [0.15, 0.2) is 23.3 Å². The molecule has 1 aromatic rings. The molecular formula is C22H40N6O. The molecule has 164 valence electrons. The molecule has 0 saturated carbocycles. The van der Waals surface area contributed by atoms with Crippen molar-refractivity contribution in [3.8, 4) is 0 Å². The topological polar surface area (TPSA) is 65.0 Å². The normalized spacial score (nSPS) is 16.7. The lowest BCUT2D eigenvalue weighted by Gasteiger charge is -2.35. The SMILES string of the molecule is CCN(CC)c1ccc(CNC(=NC)NCC(CC(C)C)N2CCOCC2)cn1. The third-order valence-corrected chi connectivity index (χ3v) is 5.39. The van der Waals surface area contributed by atoms with Gasteiger partial charge in [0.15, 0.2) is 5.96 Å². The van der Waals surface area contributed by atoms with E-state index in [1.165, 1.54) is 6.42 Å². The highest BCUT2D eigenvalue weighted by Gasteiger charge is 2.22. The van der Waals surface area contributed by atoms with E-state index in [1.807, 2.05) is 13.2 Å². The van der Waals surface area contributed by atoms with Gasteiger partial charge in [0.2, 0.25) is 0 Å². The van der Waals surface area contributed by atoms with Crippen LogP contribution in [-0.2, 0) is 11.3 Å². The predicted octanol–water partition coefficient (Wildman–Crippen LogP) is 2.34. The van der Waals surface area contributed by atoms with Gasteiger partial charge in [0.1, 0.15) is 5.82 Å². The summed E-state index contributed by atoms with van der Waals surface area (Å²) in [4.78, 5) is 13.8. The van der Waals surface area contributed by atoms with Gasteiger partial charge in [0.05, 0.1) is 13.2 Å². The quantitative estimate of drug-likeness (QED) is 0.461. The Kier molecular flexibility index (Phi) is 10.2. The van der Waals surface area contributed by atoms with Crippen molar-refractivity contribution in [3.05, 3.63) is 23.9 Å². The van der Waals surface area contributed by atoms with Gasteiger partial charge in [-0.05, 0) is 37.8 Å². The van der Waals surface area contributed by atoms with Crippen molar-refractivity contribution in [2.45, 2.75) is 46.7 Å². The van der Waals surface area contributed by atoms with E-state index in [0.717, 1.165) is 63.3 Å². The lowest BCUT2D eigenvalue weighted by Crippen LogP contribution is -2.50. The molecule has 1 unspecified atom stereocenters. The smallest absolute Gasteiger partial charge is 0.191 e. The number of aromatic nitrogens is 1. The van der Waals surface area contributed by atoms with Crippen molar-refractivity contribution >= 4 is 11.8 Å². The van der Waals surface area contributed by atoms with Gasteiger partial charge in [-0.2, -0.15) is 0 Å². The fraction of sp³-hybridized carbons (Fsp3) is 0.727. The van der Waals surface area contributed by atoms with Gasteiger partial charge < -0.3 is 20.3 Å². The van der Waals surface area contributed by atoms with E-state index in [4.69, 9.17) is 4.74 Å². The maximum atomic E-state index is 5.52. The Morgan fingerprint density at radius 2 is 1.93 bits per heavy atom. The molecule has 2 rings (SSSR count). The first-order valence-corrected chi connectivity index (χ1v) is 11.0. The second-order valence-corrected chi connectivity index (χ2v) is 7.94. The molecule has 29 heavy (non-hydrogen) atoms. The van der Waals surface area contributed by atoms with E-state index in [0.29, 0.717) is 18.5 Å². The minimum atomic E-state index is 0.493. The zero-order valence-electron chi connectivity index (χ0n) is 18.9. The number of anilines is 1. The molecule has 0 bridgehead atoms. The van der Waals surface area contributed by atoms with Crippen LogP contribution in [0.2, 0.25) is 0 Å².